The maximum atomic E-state index is 13.7. The number of anilines is 1. The molecule has 2 aliphatic carbocycles. The van der Waals surface area contributed by atoms with E-state index in [1.165, 1.54) is 14.2 Å². The molecule has 8 aromatic rings. The standard InChI is InChI=1S/C26H23N3O3.C17H13BrN2O.C9H11NO2.ClH/c1-32-26(31)19-12-10-17(11-13-19)16-27-21-8-5-9-22-23(21)25(30)29(20-6-3-2-4-7-20)24(28-22)18-14-15-18;18-13-7-4-8-14-15(13)17(21)20(12-5-2-1-3-6-12)16(19-14)11-9-10-11;1-12-9(11)8-4-2-7(6-10)3-5-8;/h2-13,18,27H,14-16H2,1H3;1-8,11H,9-10H2;2-5H,6,10H2,1H3;1H. The third-order valence-electron chi connectivity index (χ3n) is 11.2. The number of para-hydroxylation sites is 2. The quantitative estimate of drug-likeness (QED) is 0.126. The van der Waals surface area contributed by atoms with Gasteiger partial charge in [-0.3, -0.25) is 18.7 Å². The second kappa shape index (κ2) is 21.4. The lowest BCUT2D eigenvalue weighted by Crippen LogP contribution is -2.24. The lowest BCUT2D eigenvalue weighted by Gasteiger charge is -2.15. The van der Waals surface area contributed by atoms with Crippen LogP contribution in [0.5, 0.6) is 0 Å². The SMILES string of the molecule is COC(=O)c1ccc(CN)cc1.COC(=O)c1ccc(CNc2cccc3nc(C4CC4)n(-c4ccccc4)c(=O)c23)cc1.Cl.O=c1c2c(Br)cccc2nc(C2CC2)n1-c1ccccc1. The molecule has 0 atom stereocenters. The van der Waals surface area contributed by atoms with Crippen molar-refractivity contribution in [3.8, 4) is 11.4 Å². The van der Waals surface area contributed by atoms with Crippen LogP contribution in [-0.4, -0.2) is 45.3 Å². The first-order valence-electron chi connectivity index (χ1n) is 21.3. The van der Waals surface area contributed by atoms with Crippen LogP contribution >= 0.6 is 28.3 Å². The van der Waals surface area contributed by atoms with Gasteiger partial charge in [0.1, 0.15) is 11.6 Å². The fourth-order valence-corrected chi connectivity index (χ4v) is 7.98. The molecule has 0 bridgehead atoms. The van der Waals surface area contributed by atoms with Gasteiger partial charge in [-0.1, -0.05) is 72.8 Å². The van der Waals surface area contributed by atoms with Gasteiger partial charge >= 0.3 is 11.9 Å². The Labute approximate surface area is 396 Å². The molecule has 12 nitrogen and oxygen atoms in total. The molecule has 10 rings (SSSR count). The lowest BCUT2D eigenvalue weighted by molar-refractivity contribution is 0.0592. The van der Waals surface area contributed by atoms with Gasteiger partial charge in [0.25, 0.3) is 11.1 Å². The third-order valence-corrected chi connectivity index (χ3v) is 11.8. The Bertz CT molecular complexity index is 3100. The molecular weight excluding hydrogens is 920 g/mol. The number of hydrogen-bond acceptors (Lipinski definition) is 10. The van der Waals surface area contributed by atoms with Crippen LogP contribution in [0.4, 0.5) is 5.69 Å². The summed E-state index contributed by atoms with van der Waals surface area (Å²) in [6, 6.07) is 45.1. The minimum atomic E-state index is -0.363. The van der Waals surface area contributed by atoms with E-state index in [1.807, 2.05) is 121 Å². The number of carbonyl (C=O) groups is 2. The highest BCUT2D eigenvalue weighted by atomic mass is 79.9. The normalized spacial score (nSPS) is 12.7. The molecule has 336 valence electrons. The predicted molar refractivity (Wildman–Crippen MR) is 264 cm³/mol. The first kappa shape index (κ1) is 47.0. The molecule has 2 fully saturated rings. The Kier molecular flexibility index (Phi) is 15.2. The van der Waals surface area contributed by atoms with Crippen LogP contribution in [0.3, 0.4) is 0 Å². The number of ether oxygens (including phenoxy) is 2. The number of nitrogens with zero attached hydrogens (tertiary/aromatic N) is 4. The zero-order chi connectivity index (χ0) is 45.5. The Balaban J connectivity index is 0.000000163. The molecule has 66 heavy (non-hydrogen) atoms. The van der Waals surface area contributed by atoms with Crippen molar-refractivity contribution in [2.45, 2.75) is 50.6 Å². The van der Waals surface area contributed by atoms with E-state index < -0.39 is 0 Å². The number of esters is 2. The van der Waals surface area contributed by atoms with Crippen LogP contribution in [-0.2, 0) is 22.6 Å². The van der Waals surface area contributed by atoms with Gasteiger partial charge in [-0.15, -0.1) is 12.4 Å². The van der Waals surface area contributed by atoms with Crippen LogP contribution < -0.4 is 22.2 Å². The summed E-state index contributed by atoms with van der Waals surface area (Å²) in [5, 5.41) is 4.60. The summed E-state index contributed by atoms with van der Waals surface area (Å²) in [6.45, 7) is 0.997. The van der Waals surface area contributed by atoms with Gasteiger partial charge in [-0.2, -0.15) is 0 Å². The zero-order valence-corrected chi connectivity index (χ0v) is 38.8. The van der Waals surface area contributed by atoms with Gasteiger partial charge in [-0.25, -0.2) is 19.6 Å². The fourth-order valence-electron chi connectivity index (χ4n) is 7.45. The number of benzene rings is 6. The van der Waals surface area contributed by atoms with Crippen LogP contribution in [0.2, 0.25) is 0 Å². The van der Waals surface area contributed by atoms with Crippen LogP contribution in [0.15, 0.2) is 160 Å². The van der Waals surface area contributed by atoms with Crippen molar-refractivity contribution in [3.05, 3.63) is 205 Å². The van der Waals surface area contributed by atoms with E-state index in [-0.39, 0.29) is 35.5 Å². The molecule has 2 heterocycles. The maximum Gasteiger partial charge on any atom is 0.337 e. The summed E-state index contributed by atoms with van der Waals surface area (Å²) < 4.78 is 13.6. The van der Waals surface area contributed by atoms with Crippen LogP contribution in [0.25, 0.3) is 33.2 Å². The number of carbonyl (C=O) groups excluding carboxylic acids is 2. The average molecular weight is 968 g/mol. The molecule has 14 heteroatoms. The first-order valence-corrected chi connectivity index (χ1v) is 22.1. The molecule has 6 aromatic carbocycles. The molecule has 0 radical (unpaired) electrons. The summed E-state index contributed by atoms with van der Waals surface area (Å²) in [7, 11) is 2.72. The van der Waals surface area contributed by atoms with Gasteiger partial charge in [0.15, 0.2) is 0 Å². The molecule has 2 aliphatic rings. The predicted octanol–water partition coefficient (Wildman–Crippen LogP) is 10.0. The summed E-state index contributed by atoms with van der Waals surface area (Å²) in [5.41, 5.74) is 12.3. The van der Waals surface area contributed by atoms with E-state index >= 15 is 0 Å². The molecule has 0 amide bonds. The molecule has 2 aromatic heterocycles. The summed E-state index contributed by atoms with van der Waals surface area (Å²) in [4.78, 5) is 59.0. The minimum Gasteiger partial charge on any atom is -0.465 e. The number of aromatic nitrogens is 4. The monoisotopic (exact) mass is 966 g/mol. The number of methoxy groups -OCH3 is 2. The number of nitrogens with two attached hydrogens (primary N) is 1. The van der Waals surface area contributed by atoms with Crippen molar-refractivity contribution in [1.29, 1.82) is 0 Å². The molecule has 0 unspecified atom stereocenters. The number of nitrogens with one attached hydrogen (secondary N) is 1. The van der Waals surface area contributed by atoms with Crippen molar-refractivity contribution in [3.63, 3.8) is 0 Å². The minimum absolute atomic E-state index is 0. The maximum absolute atomic E-state index is 13.7. The second-order valence-electron chi connectivity index (χ2n) is 15.7. The van der Waals surface area contributed by atoms with Crippen molar-refractivity contribution < 1.29 is 19.1 Å². The third kappa shape index (κ3) is 10.6. The molecule has 2 saturated carbocycles. The van der Waals surface area contributed by atoms with E-state index in [1.54, 1.807) is 33.4 Å². The van der Waals surface area contributed by atoms with Gasteiger partial charge in [0.05, 0.1) is 58.5 Å². The number of rotatable bonds is 10. The van der Waals surface area contributed by atoms with Crippen molar-refractivity contribution in [1.82, 2.24) is 19.1 Å². The van der Waals surface area contributed by atoms with E-state index in [0.717, 1.165) is 75.5 Å². The fraction of sp³-hybridized carbons (Fsp3) is 0.192. The lowest BCUT2D eigenvalue weighted by atomic mass is 10.1. The molecular formula is C52H48BrClN6O6. The summed E-state index contributed by atoms with van der Waals surface area (Å²) >= 11 is 3.48. The summed E-state index contributed by atoms with van der Waals surface area (Å²) in [6.07, 6.45) is 4.34. The molecule has 3 N–H and O–H groups in total. The van der Waals surface area contributed by atoms with Crippen LogP contribution in [0.1, 0.15) is 81.0 Å². The van der Waals surface area contributed by atoms with Gasteiger partial charge in [0.2, 0.25) is 0 Å². The number of fused-ring (bicyclic) bond motifs is 2. The van der Waals surface area contributed by atoms with E-state index in [9.17, 15) is 19.2 Å². The Morgan fingerprint density at radius 1 is 0.606 bits per heavy atom. The molecule has 0 saturated heterocycles. The smallest absolute Gasteiger partial charge is 0.337 e. The first-order chi connectivity index (χ1) is 31.7. The average Bonchev–Trinajstić information content (AvgIpc) is 4.29. The van der Waals surface area contributed by atoms with Crippen LogP contribution in [0, 0.1) is 0 Å². The summed E-state index contributed by atoms with van der Waals surface area (Å²) in [5.74, 6) is 1.77. The Hall–Kier alpha value is -6.93. The van der Waals surface area contributed by atoms with E-state index in [2.05, 4.69) is 26.0 Å². The van der Waals surface area contributed by atoms with E-state index in [4.69, 9.17) is 20.4 Å². The topological polar surface area (TPSA) is 160 Å². The second-order valence-corrected chi connectivity index (χ2v) is 16.6. The number of hydrogen-bond donors (Lipinski definition) is 2. The highest BCUT2D eigenvalue weighted by molar-refractivity contribution is 9.10. The zero-order valence-electron chi connectivity index (χ0n) is 36.4. The molecule has 0 aliphatic heterocycles. The Morgan fingerprint density at radius 3 is 1.50 bits per heavy atom. The van der Waals surface area contributed by atoms with E-state index in [0.29, 0.717) is 52.3 Å². The Morgan fingerprint density at radius 2 is 1.05 bits per heavy atom. The van der Waals surface area contributed by atoms with Gasteiger partial charge in [0, 0.05) is 35.1 Å². The van der Waals surface area contributed by atoms with Crippen molar-refractivity contribution in [2.75, 3.05) is 19.5 Å². The van der Waals surface area contributed by atoms with Gasteiger partial charge in [-0.05, 0) is 126 Å². The van der Waals surface area contributed by atoms with Gasteiger partial charge < -0.3 is 20.5 Å². The van der Waals surface area contributed by atoms with Crippen molar-refractivity contribution in [2.24, 2.45) is 5.73 Å². The van der Waals surface area contributed by atoms with Crippen molar-refractivity contribution >= 4 is 67.8 Å². The molecule has 0 spiro atoms. The highest BCUT2D eigenvalue weighted by Gasteiger charge is 2.31. The largest absolute Gasteiger partial charge is 0.465 e. The number of halogens is 2. The highest BCUT2D eigenvalue weighted by Crippen LogP contribution is 2.41.